The van der Waals surface area contributed by atoms with Gasteiger partial charge in [0.1, 0.15) is 0 Å². The van der Waals surface area contributed by atoms with Gasteiger partial charge in [-0.05, 0) is 50.5 Å². The van der Waals surface area contributed by atoms with E-state index in [2.05, 4.69) is 6.08 Å². The highest BCUT2D eigenvalue weighted by molar-refractivity contribution is 5.21. The molecule has 0 atom stereocenters. The topological polar surface area (TPSA) is 20.2 Å². The lowest BCUT2D eigenvalue weighted by atomic mass is 9.72. The van der Waals surface area contributed by atoms with Crippen molar-refractivity contribution in [1.82, 2.24) is 0 Å². The van der Waals surface area contributed by atoms with Crippen LogP contribution in [0.3, 0.4) is 0 Å². The Bertz CT molecular complexity index is 177. The van der Waals surface area contributed by atoms with Gasteiger partial charge in [-0.2, -0.15) is 0 Å². The van der Waals surface area contributed by atoms with Gasteiger partial charge in [0.15, 0.2) is 0 Å². The first-order valence-electron chi connectivity index (χ1n) is 4.73. The Morgan fingerprint density at radius 1 is 1.18 bits per heavy atom. The Morgan fingerprint density at radius 3 is 2.45 bits per heavy atom. The fourth-order valence-electron chi connectivity index (χ4n) is 2.09. The summed E-state index contributed by atoms with van der Waals surface area (Å²) in [6.07, 6.45) is 10.5. The molecule has 2 rings (SSSR count). The zero-order valence-corrected chi connectivity index (χ0v) is 6.97. The van der Waals surface area contributed by atoms with Crippen molar-refractivity contribution in [3.63, 3.8) is 0 Å². The van der Waals surface area contributed by atoms with Gasteiger partial charge in [0.25, 0.3) is 0 Å². The average Bonchev–Trinajstić information content (AvgIpc) is 2.02. The standard InChI is InChI=1S/C10H16O/c11-10(7-4-8-10)9-5-2-1-3-6-9/h5,11H,1-4,6-8H2. The molecule has 0 aliphatic heterocycles. The Morgan fingerprint density at radius 2 is 2.00 bits per heavy atom. The Kier molecular flexibility index (Phi) is 1.76. The molecule has 2 aliphatic carbocycles. The van der Waals surface area contributed by atoms with E-state index >= 15 is 0 Å². The van der Waals surface area contributed by atoms with Crippen LogP contribution in [-0.2, 0) is 0 Å². The van der Waals surface area contributed by atoms with E-state index in [9.17, 15) is 5.11 Å². The molecule has 2 aliphatic rings. The van der Waals surface area contributed by atoms with E-state index in [4.69, 9.17) is 0 Å². The first-order chi connectivity index (χ1) is 5.31. The van der Waals surface area contributed by atoms with E-state index in [1.54, 1.807) is 0 Å². The molecule has 1 fully saturated rings. The maximum atomic E-state index is 9.97. The molecule has 1 saturated carbocycles. The second kappa shape index (κ2) is 2.63. The van der Waals surface area contributed by atoms with Gasteiger partial charge in [0.05, 0.1) is 5.60 Å². The van der Waals surface area contributed by atoms with Crippen LogP contribution in [0.5, 0.6) is 0 Å². The molecule has 11 heavy (non-hydrogen) atoms. The van der Waals surface area contributed by atoms with Gasteiger partial charge >= 0.3 is 0 Å². The molecule has 0 bridgehead atoms. The molecule has 0 heterocycles. The molecule has 1 heteroatoms. The Hall–Kier alpha value is -0.300. The summed E-state index contributed by atoms with van der Waals surface area (Å²) in [6, 6.07) is 0. The molecule has 1 N–H and O–H groups in total. The minimum absolute atomic E-state index is 0.347. The Balaban J connectivity index is 2.07. The van der Waals surface area contributed by atoms with Crippen LogP contribution in [0, 0.1) is 0 Å². The number of allylic oxidation sites excluding steroid dienone is 1. The SMILES string of the molecule is OC1(C2=CCCCC2)CCC1. The van der Waals surface area contributed by atoms with Crippen LogP contribution in [-0.4, -0.2) is 10.7 Å². The first-order valence-corrected chi connectivity index (χ1v) is 4.73. The van der Waals surface area contributed by atoms with Crippen LogP contribution in [0.1, 0.15) is 44.9 Å². The molecule has 62 valence electrons. The molecule has 0 aromatic carbocycles. The molecule has 0 unspecified atom stereocenters. The predicted molar refractivity (Wildman–Crippen MR) is 45.4 cm³/mol. The van der Waals surface area contributed by atoms with Gasteiger partial charge in [0.2, 0.25) is 0 Å². The van der Waals surface area contributed by atoms with E-state index < -0.39 is 0 Å². The zero-order valence-electron chi connectivity index (χ0n) is 6.97. The minimum Gasteiger partial charge on any atom is -0.386 e. The highest BCUT2D eigenvalue weighted by Gasteiger charge is 2.37. The summed E-state index contributed by atoms with van der Waals surface area (Å²) >= 11 is 0. The van der Waals surface area contributed by atoms with Crippen molar-refractivity contribution >= 4 is 0 Å². The lowest BCUT2D eigenvalue weighted by Gasteiger charge is -2.40. The maximum absolute atomic E-state index is 9.97. The summed E-state index contributed by atoms with van der Waals surface area (Å²) in [5.41, 5.74) is 0.996. The highest BCUT2D eigenvalue weighted by atomic mass is 16.3. The van der Waals surface area contributed by atoms with Crippen molar-refractivity contribution in [2.45, 2.75) is 50.5 Å². The second-order valence-corrected chi connectivity index (χ2v) is 3.86. The number of aliphatic hydroxyl groups is 1. The molecule has 0 spiro atoms. The van der Waals surface area contributed by atoms with Crippen LogP contribution in [0.25, 0.3) is 0 Å². The van der Waals surface area contributed by atoms with Crippen LogP contribution >= 0.6 is 0 Å². The summed E-state index contributed by atoms with van der Waals surface area (Å²) < 4.78 is 0. The fourth-order valence-corrected chi connectivity index (χ4v) is 2.09. The summed E-state index contributed by atoms with van der Waals surface area (Å²) in [4.78, 5) is 0. The van der Waals surface area contributed by atoms with E-state index in [1.807, 2.05) is 0 Å². The summed E-state index contributed by atoms with van der Waals surface area (Å²) in [6.45, 7) is 0. The van der Waals surface area contributed by atoms with Crippen molar-refractivity contribution in [1.29, 1.82) is 0 Å². The number of rotatable bonds is 1. The molecular formula is C10H16O. The third-order valence-electron chi connectivity index (χ3n) is 3.07. The Labute approximate surface area is 68.1 Å². The summed E-state index contributed by atoms with van der Waals surface area (Å²) in [7, 11) is 0. The van der Waals surface area contributed by atoms with Gasteiger partial charge in [-0.15, -0.1) is 0 Å². The summed E-state index contributed by atoms with van der Waals surface area (Å²) in [5, 5.41) is 9.97. The van der Waals surface area contributed by atoms with Gasteiger partial charge in [-0.1, -0.05) is 6.08 Å². The predicted octanol–water partition coefficient (Wildman–Crippen LogP) is 2.40. The fraction of sp³-hybridized carbons (Fsp3) is 0.800. The van der Waals surface area contributed by atoms with Gasteiger partial charge < -0.3 is 5.11 Å². The third-order valence-corrected chi connectivity index (χ3v) is 3.07. The molecular weight excluding hydrogens is 136 g/mol. The van der Waals surface area contributed by atoms with Crippen molar-refractivity contribution < 1.29 is 5.11 Å². The molecule has 0 amide bonds. The zero-order chi connectivity index (χ0) is 7.73. The molecule has 0 saturated heterocycles. The van der Waals surface area contributed by atoms with Gasteiger partial charge in [0, 0.05) is 0 Å². The van der Waals surface area contributed by atoms with Crippen molar-refractivity contribution in [2.75, 3.05) is 0 Å². The van der Waals surface area contributed by atoms with Crippen LogP contribution < -0.4 is 0 Å². The molecule has 0 aromatic heterocycles. The van der Waals surface area contributed by atoms with Gasteiger partial charge in [-0.25, -0.2) is 0 Å². The monoisotopic (exact) mass is 152 g/mol. The quantitative estimate of drug-likeness (QED) is 0.572. The third kappa shape index (κ3) is 1.22. The smallest absolute Gasteiger partial charge is 0.0856 e. The van der Waals surface area contributed by atoms with Crippen molar-refractivity contribution in [3.8, 4) is 0 Å². The second-order valence-electron chi connectivity index (χ2n) is 3.86. The lowest BCUT2D eigenvalue weighted by molar-refractivity contribution is -0.00165. The normalized spacial score (nSPS) is 29.0. The van der Waals surface area contributed by atoms with Crippen LogP contribution in [0.4, 0.5) is 0 Å². The van der Waals surface area contributed by atoms with E-state index in [1.165, 1.54) is 31.3 Å². The van der Waals surface area contributed by atoms with Crippen molar-refractivity contribution in [2.24, 2.45) is 0 Å². The van der Waals surface area contributed by atoms with E-state index in [-0.39, 0.29) is 5.60 Å². The van der Waals surface area contributed by atoms with E-state index in [0.717, 1.165) is 19.3 Å². The first kappa shape index (κ1) is 7.35. The highest BCUT2D eigenvalue weighted by Crippen LogP contribution is 2.41. The largest absolute Gasteiger partial charge is 0.386 e. The molecule has 1 nitrogen and oxygen atoms in total. The average molecular weight is 152 g/mol. The molecule has 0 aromatic rings. The lowest BCUT2D eigenvalue weighted by Crippen LogP contribution is -2.39. The molecule has 0 radical (unpaired) electrons. The maximum Gasteiger partial charge on any atom is 0.0856 e. The van der Waals surface area contributed by atoms with Crippen molar-refractivity contribution in [3.05, 3.63) is 11.6 Å². The minimum atomic E-state index is -0.347. The van der Waals surface area contributed by atoms with Gasteiger partial charge in [-0.3, -0.25) is 0 Å². The number of hydrogen-bond donors (Lipinski definition) is 1. The number of hydrogen-bond acceptors (Lipinski definition) is 1. The van der Waals surface area contributed by atoms with Crippen LogP contribution in [0.2, 0.25) is 0 Å². The van der Waals surface area contributed by atoms with Crippen LogP contribution in [0.15, 0.2) is 11.6 Å². The van der Waals surface area contributed by atoms with E-state index in [0.29, 0.717) is 0 Å². The summed E-state index contributed by atoms with van der Waals surface area (Å²) in [5.74, 6) is 0.